The predicted octanol–water partition coefficient (Wildman–Crippen LogP) is 1.57. The molecule has 1 aliphatic heterocycles. The van der Waals surface area contributed by atoms with E-state index in [2.05, 4.69) is 5.32 Å². The molecule has 120 valence electrons. The fourth-order valence-electron chi connectivity index (χ4n) is 3.01. The molecule has 2 aliphatic rings. The lowest BCUT2D eigenvalue weighted by molar-refractivity contribution is -0.164. The first-order valence-electron chi connectivity index (χ1n) is 7.45. The van der Waals surface area contributed by atoms with Gasteiger partial charge in [0.25, 0.3) is 0 Å². The normalized spacial score (nSPS) is 32.5. The van der Waals surface area contributed by atoms with Crippen LogP contribution in [0.5, 0.6) is 0 Å². The monoisotopic (exact) mass is 307 g/mol. The molecule has 1 saturated heterocycles. The van der Waals surface area contributed by atoms with Gasteiger partial charge in [-0.3, -0.25) is 0 Å². The molecule has 0 spiro atoms. The summed E-state index contributed by atoms with van der Waals surface area (Å²) in [5.74, 6) is -0.685. The largest absolute Gasteiger partial charge is 0.445 e. The summed E-state index contributed by atoms with van der Waals surface area (Å²) in [6.07, 6.45) is -1.45. The number of carbonyl (C=O) groups is 1. The van der Waals surface area contributed by atoms with Gasteiger partial charge in [0.1, 0.15) is 18.8 Å². The number of rotatable bonds is 3. The highest BCUT2D eigenvalue weighted by Gasteiger charge is 2.53. The van der Waals surface area contributed by atoms with E-state index < -0.39 is 30.1 Å². The third kappa shape index (κ3) is 3.24. The van der Waals surface area contributed by atoms with Gasteiger partial charge in [0.05, 0.1) is 12.1 Å². The molecule has 2 unspecified atom stereocenters. The maximum Gasteiger partial charge on any atom is 0.407 e. The number of benzene rings is 1. The third-order valence-corrected chi connectivity index (χ3v) is 3.97. The Hall–Kier alpha value is -1.63. The molecule has 1 aliphatic carbocycles. The van der Waals surface area contributed by atoms with Crippen molar-refractivity contribution in [2.75, 3.05) is 0 Å². The summed E-state index contributed by atoms with van der Waals surface area (Å²) in [4.78, 5) is 11.8. The minimum atomic E-state index is -0.795. The van der Waals surface area contributed by atoms with Crippen molar-refractivity contribution in [2.24, 2.45) is 0 Å². The van der Waals surface area contributed by atoms with Gasteiger partial charge in [-0.15, -0.1) is 0 Å². The van der Waals surface area contributed by atoms with E-state index in [0.717, 1.165) is 5.56 Å². The van der Waals surface area contributed by atoms with Gasteiger partial charge >= 0.3 is 6.09 Å². The molecule has 1 heterocycles. The SMILES string of the molecule is CC1(C)OC2C[C@H](NC(=O)OCc3ccccc3)[C@H](O)C2O1. The van der Waals surface area contributed by atoms with Crippen LogP contribution >= 0.6 is 0 Å². The van der Waals surface area contributed by atoms with Crippen molar-refractivity contribution in [2.45, 2.75) is 57.0 Å². The number of alkyl carbamates (subject to hydrolysis) is 1. The Labute approximate surface area is 129 Å². The Bertz CT molecular complexity index is 533. The Morgan fingerprint density at radius 3 is 2.77 bits per heavy atom. The van der Waals surface area contributed by atoms with Crippen molar-refractivity contribution >= 4 is 6.09 Å². The Kier molecular flexibility index (Phi) is 4.08. The number of aliphatic hydroxyl groups excluding tert-OH is 1. The second kappa shape index (κ2) is 5.87. The molecular weight excluding hydrogens is 286 g/mol. The van der Waals surface area contributed by atoms with E-state index in [1.54, 1.807) is 0 Å². The van der Waals surface area contributed by atoms with Crippen molar-refractivity contribution in [3.8, 4) is 0 Å². The van der Waals surface area contributed by atoms with Crippen LogP contribution in [-0.4, -0.2) is 41.3 Å². The molecule has 6 nitrogen and oxygen atoms in total. The topological polar surface area (TPSA) is 77.0 Å². The summed E-state index contributed by atoms with van der Waals surface area (Å²) in [5, 5.41) is 12.9. The fourth-order valence-corrected chi connectivity index (χ4v) is 3.01. The number of aliphatic hydroxyl groups is 1. The van der Waals surface area contributed by atoms with Crippen LogP contribution in [0.15, 0.2) is 30.3 Å². The van der Waals surface area contributed by atoms with Gasteiger partial charge in [-0.05, 0) is 25.8 Å². The zero-order valence-electron chi connectivity index (χ0n) is 12.7. The molecule has 0 radical (unpaired) electrons. The number of nitrogens with one attached hydrogen (secondary N) is 1. The van der Waals surface area contributed by atoms with Gasteiger partial charge in [-0.25, -0.2) is 4.79 Å². The number of hydrogen-bond donors (Lipinski definition) is 2. The average Bonchev–Trinajstić information content (AvgIpc) is 2.92. The average molecular weight is 307 g/mol. The molecular formula is C16H21NO5. The molecule has 1 saturated carbocycles. The highest BCUT2D eigenvalue weighted by atomic mass is 16.8. The maximum absolute atomic E-state index is 11.8. The molecule has 2 fully saturated rings. The number of carbonyl (C=O) groups excluding carboxylic acids is 1. The molecule has 3 rings (SSSR count). The van der Waals surface area contributed by atoms with Crippen LogP contribution in [0.1, 0.15) is 25.8 Å². The van der Waals surface area contributed by atoms with Gasteiger partial charge in [-0.2, -0.15) is 0 Å². The van der Waals surface area contributed by atoms with Crippen LogP contribution in [0.4, 0.5) is 4.79 Å². The second-order valence-electron chi connectivity index (χ2n) is 6.18. The number of fused-ring (bicyclic) bond motifs is 1. The van der Waals surface area contributed by atoms with Crippen molar-refractivity contribution in [3.63, 3.8) is 0 Å². The fraction of sp³-hybridized carbons (Fsp3) is 0.562. The molecule has 1 aromatic rings. The summed E-state index contributed by atoms with van der Waals surface area (Å²) in [7, 11) is 0. The lowest BCUT2D eigenvalue weighted by atomic mass is 10.2. The van der Waals surface area contributed by atoms with Crippen molar-refractivity contribution in [1.82, 2.24) is 5.32 Å². The quantitative estimate of drug-likeness (QED) is 0.886. The first-order valence-corrected chi connectivity index (χ1v) is 7.45. The van der Waals surface area contributed by atoms with E-state index in [1.165, 1.54) is 0 Å². The number of amides is 1. The van der Waals surface area contributed by atoms with Crippen LogP contribution in [0.2, 0.25) is 0 Å². The summed E-state index contributed by atoms with van der Waals surface area (Å²) < 4.78 is 16.5. The predicted molar refractivity (Wildman–Crippen MR) is 78.0 cm³/mol. The van der Waals surface area contributed by atoms with Gasteiger partial charge in [-0.1, -0.05) is 30.3 Å². The minimum Gasteiger partial charge on any atom is -0.445 e. The summed E-state index contributed by atoms with van der Waals surface area (Å²) >= 11 is 0. The molecule has 6 heteroatoms. The van der Waals surface area contributed by atoms with Gasteiger partial charge in [0, 0.05) is 0 Å². The number of hydrogen-bond acceptors (Lipinski definition) is 5. The molecule has 1 amide bonds. The van der Waals surface area contributed by atoms with E-state index in [4.69, 9.17) is 14.2 Å². The smallest absolute Gasteiger partial charge is 0.407 e. The first-order chi connectivity index (χ1) is 10.4. The standard InChI is InChI=1S/C16H21NO5/c1-16(2)21-12-8-11(13(18)14(12)22-16)17-15(19)20-9-10-6-4-3-5-7-10/h3-7,11-14,18H,8-9H2,1-2H3,(H,17,19)/t11-,12?,13-,14?/m0/s1. The highest BCUT2D eigenvalue weighted by molar-refractivity contribution is 5.67. The highest BCUT2D eigenvalue weighted by Crippen LogP contribution is 2.38. The molecule has 0 aromatic heterocycles. The Balaban J connectivity index is 1.49. The summed E-state index contributed by atoms with van der Waals surface area (Å²) in [6, 6.07) is 9.01. The lowest BCUT2D eigenvalue weighted by Crippen LogP contribution is -2.44. The molecule has 4 atom stereocenters. The summed E-state index contributed by atoms with van der Waals surface area (Å²) in [5.41, 5.74) is 0.912. The Morgan fingerprint density at radius 1 is 1.36 bits per heavy atom. The van der Waals surface area contributed by atoms with Gasteiger partial charge in [0.15, 0.2) is 5.79 Å². The van der Waals surface area contributed by atoms with Crippen LogP contribution in [-0.2, 0) is 20.8 Å². The van der Waals surface area contributed by atoms with Crippen molar-refractivity contribution < 1.29 is 24.1 Å². The van der Waals surface area contributed by atoms with Gasteiger partial charge in [0.2, 0.25) is 0 Å². The first kappa shape index (κ1) is 15.3. The second-order valence-corrected chi connectivity index (χ2v) is 6.18. The molecule has 22 heavy (non-hydrogen) atoms. The summed E-state index contributed by atoms with van der Waals surface area (Å²) in [6.45, 7) is 3.82. The van der Waals surface area contributed by atoms with E-state index in [-0.39, 0.29) is 12.7 Å². The molecule has 0 bridgehead atoms. The van der Waals surface area contributed by atoms with Gasteiger partial charge < -0.3 is 24.6 Å². The Morgan fingerprint density at radius 2 is 2.09 bits per heavy atom. The zero-order valence-corrected chi connectivity index (χ0v) is 12.7. The lowest BCUT2D eigenvalue weighted by Gasteiger charge is -2.23. The van der Waals surface area contributed by atoms with Crippen LogP contribution in [0.3, 0.4) is 0 Å². The van der Waals surface area contributed by atoms with Crippen LogP contribution in [0.25, 0.3) is 0 Å². The van der Waals surface area contributed by atoms with E-state index in [9.17, 15) is 9.90 Å². The van der Waals surface area contributed by atoms with Crippen molar-refractivity contribution in [1.29, 1.82) is 0 Å². The van der Waals surface area contributed by atoms with E-state index in [0.29, 0.717) is 6.42 Å². The zero-order chi connectivity index (χ0) is 15.7. The number of ether oxygens (including phenoxy) is 3. The maximum atomic E-state index is 11.8. The molecule has 1 aromatic carbocycles. The van der Waals surface area contributed by atoms with Crippen molar-refractivity contribution in [3.05, 3.63) is 35.9 Å². The molecule has 2 N–H and O–H groups in total. The van der Waals surface area contributed by atoms with Crippen LogP contribution < -0.4 is 5.32 Å². The van der Waals surface area contributed by atoms with E-state index >= 15 is 0 Å². The third-order valence-electron chi connectivity index (χ3n) is 3.97. The van der Waals surface area contributed by atoms with E-state index in [1.807, 2.05) is 44.2 Å². The van der Waals surface area contributed by atoms with Crippen LogP contribution in [0, 0.1) is 0 Å². The minimum absolute atomic E-state index is 0.197.